The number of aryl methyl sites for hydroxylation is 1. The molecule has 3 aromatic rings. The summed E-state index contributed by atoms with van der Waals surface area (Å²) in [5, 5.41) is 17.0. The Balaban J connectivity index is 1.63. The van der Waals surface area contributed by atoms with Crippen molar-refractivity contribution in [1.29, 1.82) is 0 Å². The smallest absolute Gasteiger partial charge is 0.226 e. The van der Waals surface area contributed by atoms with Gasteiger partial charge in [-0.05, 0) is 43.7 Å². The Hall–Kier alpha value is -3.52. The van der Waals surface area contributed by atoms with Crippen LogP contribution in [0.15, 0.2) is 58.1 Å². The lowest BCUT2D eigenvalue weighted by atomic mass is 10.1. The number of rotatable bonds is 9. The largest absolute Gasteiger partial charge is 0.497 e. The lowest BCUT2D eigenvalue weighted by molar-refractivity contribution is 0.180. The highest BCUT2D eigenvalue weighted by atomic mass is 16.5. The minimum absolute atomic E-state index is 0.260. The quantitative estimate of drug-likeness (QED) is 0.347. The molecule has 1 atom stereocenters. The number of aromatic nitrogens is 1. The maximum atomic E-state index is 10.6. The SMILES string of the molecule is CCNC(=NCc1coc(-c2ccc(C)cc2)n1)NCC(O)c1cc(OC)cc(OC)c1. The van der Waals surface area contributed by atoms with E-state index in [-0.39, 0.29) is 6.54 Å². The highest BCUT2D eigenvalue weighted by molar-refractivity contribution is 5.79. The Bertz CT molecular complexity index is 1010. The summed E-state index contributed by atoms with van der Waals surface area (Å²) < 4.78 is 16.1. The number of ether oxygens (including phenoxy) is 2. The van der Waals surface area contributed by atoms with Gasteiger partial charge in [0, 0.05) is 24.7 Å². The number of guanidine groups is 1. The van der Waals surface area contributed by atoms with Crippen molar-refractivity contribution in [2.75, 3.05) is 27.3 Å². The number of benzene rings is 2. The Morgan fingerprint density at radius 1 is 1.09 bits per heavy atom. The zero-order chi connectivity index (χ0) is 22.9. The van der Waals surface area contributed by atoms with Gasteiger partial charge >= 0.3 is 0 Å². The van der Waals surface area contributed by atoms with E-state index in [1.54, 1.807) is 38.7 Å². The van der Waals surface area contributed by atoms with Crippen molar-refractivity contribution < 1.29 is 19.0 Å². The Morgan fingerprint density at radius 2 is 1.78 bits per heavy atom. The molecule has 8 heteroatoms. The molecule has 0 fully saturated rings. The molecule has 32 heavy (non-hydrogen) atoms. The van der Waals surface area contributed by atoms with Crippen LogP contribution in [0.25, 0.3) is 11.5 Å². The topological polar surface area (TPSA) is 101 Å². The van der Waals surface area contributed by atoms with Crippen molar-refractivity contribution in [3.8, 4) is 23.0 Å². The van der Waals surface area contributed by atoms with Crippen molar-refractivity contribution in [2.45, 2.75) is 26.5 Å². The average Bonchev–Trinajstić information content (AvgIpc) is 3.29. The zero-order valence-corrected chi connectivity index (χ0v) is 18.9. The molecule has 0 radical (unpaired) electrons. The first kappa shape index (κ1) is 23.1. The molecule has 1 aromatic heterocycles. The first-order valence-electron chi connectivity index (χ1n) is 10.5. The van der Waals surface area contributed by atoms with Gasteiger partial charge in [0.05, 0.1) is 26.9 Å². The number of aliphatic hydroxyl groups excluding tert-OH is 1. The monoisotopic (exact) mass is 438 g/mol. The van der Waals surface area contributed by atoms with Crippen LogP contribution in [0.5, 0.6) is 11.5 Å². The molecule has 3 N–H and O–H groups in total. The number of nitrogens with one attached hydrogen (secondary N) is 2. The Morgan fingerprint density at radius 3 is 2.41 bits per heavy atom. The average molecular weight is 439 g/mol. The third kappa shape index (κ3) is 6.24. The van der Waals surface area contributed by atoms with E-state index in [2.05, 4.69) is 20.6 Å². The molecule has 0 amide bonds. The Labute approximate surface area is 188 Å². The third-order valence-corrected chi connectivity index (χ3v) is 4.82. The predicted octanol–water partition coefficient (Wildman–Crippen LogP) is 3.46. The first-order valence-corrected chi connectivity index (χ1v) is 10.5. The summed E-state index contributed by atoms with van der Waals surface area (Å²) in [5.41, 5.74) is 3.51. The number of methoxy groups -OCH3 is 2. The Kier molecular flexibility index (Phi) is 8.10. The van der Waals surface area contributed by atoms with E-state index in [0.29, 0.717) is 42.0 Å². The standard InChI is InChI=1S/C24H30N4O4/c1-5-25-24(27-14-22(29)18-10-20(30-3)12-21(11-18)31-4)26-13-19-15-32-23(28-19)17-8-6-16(2)7-9-17/h6-12,15,22,29H,5,13-14H2,1-4H3,(H2,25,26,27). The summed E-state index contributed by atoms with van der Waals surface area (Å²) in [4.78, 5) is 9.07. The summed E-state index contributed by atoms with van der Waals surface area (Å²) in [7, 11) is 3.15. The van der Waals surface area contributed by atoms with Crippen molar-refractivity contribution in [1.82, 2.24) is 15.6 Å². The molecule has 0 saturated heterocycles. The first-order chi connectivity index (χ1) is 15.5. The van der Waals surface area contributed by atoms with Gasteiger partial charge < -0.3 is 29.6 Å². The molecular weight excluding hydrogens is 408 g/mol. The van der Waals surface area contributed by atoms with Crippen LogP contribution in [0.1, 0.15) is 29.8 Å². The zero-order valence-electron chi connectivity index (χ0n) is 18.9. The van der Waals surface area contributed by atoms with Crippen LogP contribution in [-0.4, -0.2) is 43.4 Å². The van der Waals surface area contributed by atoms with Crippen LogP contribution >= 0.6 is 0 Å². The minimum Gasteiger partial charge on any atom is -0.497 e. The molecule has 0 bridgehead atoms. The van der Waals surface area contributed by atoms with E-state index in [0.717, 1.165) is 11.3 Å². The molecule has 3 rings (SSSR count). The summed E-state index contributed by atoms with van der Waals surface area (Å²) in [6.45, 7) is 5.30. The number of aliphatic hydroxyl groups is 1. The molecule has 1 heterocycles. The van der Waals surface area contributed by atoms with Gasteiger partial charge in [-0.25, -0.2) is 9.98 Å². The molecular formula is C24H30N4O4. The van der Waals surface area contributed by atoms with Gasteiger partial charge in [-0.15, -0.1) is 0 Å². The van der Waals surface area contributed by atoms with Gasteiger partial charge in [0.2, 0.25) is 5.89 Å². The van der Waals surface area contributed by atoms with Crippen molar-refractivity contribution >= 4 is 5.96 Å². The molecule has 2 aromatic carbocycles. The summed E-state index contributed by atoms with van der Waals surface area (Å²) >= 11 is 0. The fourth-order valence-corrected chi connectivity index (χ4v) is 3.04. The second-order valence-corrected chi connectivity index (χ2v) is 7.25. The second kappa shape index (κ2) is 11.2. The van der Waals surface area contributed by atoms with Crippen LogP contribution in [-0.2, 0) is 6.54 Å². The molecule has 0 spiro atoms. The van der Waals surface area contributed by atoms with E-state index in [1.807, 2.05) is 38.1 Å². The van der Waals surface area contributed by atoms with E-state index in [4.69, 9.17) is 13.9 Å². The van der Waals surface area contributed by atoms with Crippen molar-refractivity contribution in [3.05, 3.63) is 65.5 Å². The van der Waals surface area contributed by atoms with Crippen LogP contribution in [0.2, 0.25) is 0 Å². The van der Waals surface area contributed by atoms with Gasteiger partial charge in [0.25, 0.3) is 0 Å². The maximum Gasteiger partial charge on any atom is 0.226 e. The summed E-state index contributed by atoms with van der Waals surface area (Å²) in [6, 6.07) is 13.3. The van der Waals surface area contributed by atoms with Crippen LogP contribution in [0.3, 0.4) is 0 Å². The van der Waals surface area contributed by atoms with Crippen LogP contribution in [0, 0.1) is 6.92 Å². The third-order valence-electron chi connectivity index (χ3n) is 4.82. The fourth-order valence-electron chi connectivity index (χ4n) is 3.04. The van der Waals surface area contributed by atoms with Gasteiger partial charge in [0.1, 0.15) is 23.5 Å². The number of hydrogen-bond acceptors (Lipinski definition) is 6. The summed E-state index contributed by atoms with van der Waals surface area (Å²) in [6.07, 6.45) is 0.836. The minimum atomic E-state index is -0.775. The highest BCUT2D eigenvalue weighted by Crippen LogP contribution is 2.26. The maximum absolute atomic E-state index is 10.6. The molecule has 0 aliphatic carbocycles. The lowest BCUT2D eigenvalue weighted by Crippen LogP contribution is -2.39. The van der Waals surface area contributed by atoms with E-state index < -0.39 is 6.10 Å². The van der Waals surface area contributed by atoms with Crippen molar-refractivity contribution in [2.24, 2.45) is 4.99 Å². The van der Waals surface area contributed by atoms with Gasteiger partial charge in [0.15, 0.2) is 5.96 Å². The molecule has 0 aliphatic rings. The molecule has 0 saturated carbocycles. The van der Waals surface area contributed by atoms with Gasteiger partial charge in [-0.2, -0.15) is 0 Å². The number of oxazole rings is 1. The van der Waals surface area contributed by atoms with Crippen LogP contribution < -0.4 is 20.1 Å². The number of hydrogen-bond donors (Lipinski definition) is 3. The summed E-state index contributed by atoms with van der Waals surface area (Å²) in [5.74, 6) is 2.38. The molecule has 0 aliphatic heterocycles. The molecule has 8 nitrogen and oxygen atoms in total. The highest BCUT2D eigenvalue weighted by Gasteiger charge is 2.12. The normalized spacial score (nSPS) is 12.3. The number of aliphatic imine (C=N–C) groups is 1. The van der Waals surface area contributed by atoms with Gasteiger partial charge in [-0.1, -0.05) is 17.7 Å². The van der Waals surface area contributed by atoms with Crippen LogP contribution in [0.4, 0.5) is 0 Å². The van der Waals surface area contributed by atoms with E-state index in [1.165, 1.54) is 5.56 Å². The predicted molar refractivity (Wildman–Crippen MR) is 124 cm³/mol. The second-order valence-electron chi connectivity index (χ2n) is 7.25. The van der Waals surface area contributed by atoms with E-state index >= 15 is 0 Å². The lowest BCUT2D eigenvalue weighted by Gasteiger charge is -2.17. The molecule has 170 valence electrons. The molecule has 1 unspecified atom stereocenters. The van der Waals surface area contributed by atoms with Crippen molar-refractivity contribution in [3.63, 3.8) is 0 Å². The fraction of sp³-hybridized carbons (Fsp3) is 0.333. The van der Waals surface area contributed by atoms with E-state index in [9.17, 15) is 5.11 Å². The number of nitrogens with zero attached hydrogens (tertiary/aromatic N) is 2. The van der Waals surface area contributed by atoms with Gasteiger partial charge in [-0.3, -0.25) is 0 Å².